The number of carbonyl (C=O) groups excluding carboxylic acids is 1. The molecule has 2 aliphatic heterocycles. The van der Waals surface area contributed by atoms with Crippen LogP contribution in [0.15, 0.2) is 53.7 Å². The van der Waals surface area contributed by atoms with Crippen LogP contribution in [0.2, 0.25) is 0 Å². The molecule has 0 bridgehead atoms. The van der Waals surface area contributed by atoms with Crippen LogP contribution in [0.1, 0.15) is 72.4 Å². The number of aromatic nitrogens is 11. The van der Waals surface area contributed by atoms with E-state index < -0.39 is 20.0 Å². The van der Waals surface area contributed by atoms with Gasteiger partial charge < -0.3 is 9.88 Å². The molecule has 0 spiro atoms. The van der Waals surface area contributed by atoms with Crippen LogP contribution < -0.4 is 5.32 Å². The van der Waals surface area contributed by atoms with Crippen LogP contribution in [-0.2, 0) is 45.5 Å². The van der Waals surface area contributed by atoms with Crippen LogP contribution in [0.4, 0.5) is 4.39 Å². The summed E-state index contributed by atoms with van der Waals surface area (Å²) in [6.45, 7) is 6.83. The molecule has 0 unspecified atom stereocenters. The van der Waals surface area contributed by atoms with E-state index in [1.54, 1.807) is 31.7 Å². The number of hydrogen-bond acceptors (Lipinski definition) is 12. The average molecular weight is 811 g/mol. The van der Waals surface area contributed by atoms with E-state index in [1.165, 1.54) is 60.0 Å². The molecule has 0 aliphatic carbocycles. The zero-order chi connectivity index (χ0) is 39.9. The van der Waals surface area contributed by atoms with Gasteiger partial charge in [-0.2, -0.15) is 23.9 Å². The second-order valence-corrected chi connectivity index (χ2v) is 17.8. The van der Waals surface area contributed by atoms with E-state index in [4.69, 9.17) is 0 Å². The molecule has 0 aromatic carbocycles. The van der Waals surface area contributed by atoms with E-state index in [0.717, 1.165) is 29.6 Å². The van der Waals surface area contributed by atoms with E-state index >= 15 is 0 Å². The molecule has 6 aromatic rings. The van der Waals surface area contributed by atoms with Gasteiger partial charge in [-0.05, 0) is 79.7 Å². The van der Waals surface area contributed by atoms with E-state index in [0.29, 0.717) is 50.3 Å². The molecular weight excluding hydrogens is 768 g/mol. The number of aryl methyl sites for hydroxylation is 3. The van der Waals surface area contributed by atoms with Crippen LogP contribution in [0.25, 0.3) is 11.3 Å². The Morgan fingerprint density at radius 2 is 1.46 bits per heavy atom. The summed E-state index contributed by atoms with van der Waals surface area (Å²) in [5.74, 6) is -0.281. The number of fused-ring (bicyclic) bond motifs is 2. The van der Waals surface area contributed by atoms with Crippen molar-refractivity contribution in [1.82, 2.24) is 67.7 Å². The molecule has 6 aromatic heterocycles. The van der Waals surface area contributed by atoms with Crippen LogP contribution in [-0.4, -0.2) is 111 Å². The molecule has 0 radical (unpaired) electrons. The molecule has 2 aliphatic rings. The molecule has 22 heteroatoms. The van der Waals surface area contributed by atoms with Crippen molar-refractivity contribution in [3.8, 4) is 0 Å². The van der Waals surface area contributed by atoms with Gasteiger partial charge in [0.25, 0.3) is 15.2 Å². The lowest BCUT2D eigenvalue weighted by Gasteiger charge is -2.32. The minimum atomic E-state index is -3.69. The number of rotatable bonds is 8. The van der Waals surface area contributed by atoms with Crippen molar-refractivity contribution in [1.29, 1.82) is 0 Å². The van der Waals surface area contributed by atoms with Gasteiger partial charge in [0.15, 0.2) is 17.1 Å². The fraction of sp³-hybridized carbons (Fsp3) is 0.471. The van der Waals surface area contributed by atoms with Crippen LogP contribution in [0.3, 0.4) is 0 Å². The number of hydrogen-bond donors (Lipinski definition) is 1. The summed E-state index contributed by atoms with van der Waals surface area (Å²) in [4.78, 5) is 19.5. The summed E-state index contributed by atoms with van der Waals surface area (Å²) in [6, 6.07) is 2.01. The number of carbonyl (C=O) groups is 1. The second-order valence-electron chi connectivity index (χ2n) is 14.1. The van der Waals surface area contributed by atoms with Gasteiger partial charge in [-0.1, -0.05) is 0 Å². The van der Waals surface area contributed by atoms with Crippen LogP contribution in [0.5, 0.6) is 0 Å². The molecule has 1 amide bonds. The predicted octanol–water partition coefficient (Wildman–Crippen LogP) is 1.85. The Balaban J connectivity index is 0.000000173. The summed E-state index contributed by atoms with van der Waals surface area (Å²) in [5.41, 5.74) is 5.18. The van der Waals surface area contributed by atoms with Gasteiger partial charge in [0, 0.05) is 59.6 Å². The van der Waals surface area contributed by atoms with Gasteiger partial charge in [0.05, 0.1) is 18.4 Å². The first kappa shape index (κ1) is 39.1. The molecule has 0 atom stereocenters. The van der Waals surface area contributed by atoms with Crippen LogP contribution in [0, 0.1) is 19.7 Å². The minimum absolute atomic E-state index is 0.0593. The predicted molar refractivity (Wildman–Crippen MR) is 199 cm³/mol. The van der Waals surface area contributed by atoms with Crippen molar-refractivity contribution >= 4 is 37.2 Å². The third-order valence-corrected chi connectivity index (χ3v) is 14.4. The standard InChI is InChI=1S/C19H25N7O3S.C15H18FN7O2S/c1-13-8-19-21-12-23-26(19)11-16(13)15-4-6-25(7-5-15)30(28,29)18-10-22-24(3)17(18)9-20-14(2)27;1-10-12(7-23-14(13(10)16)17-8-19-23)11-3-5-22(6-4-11)26(24,25)15-20-18-9-21(15)2/h8,10-12,15H,4-7,9H2,1-3H3,(H,20,27);7-9,11H,3-6H2,1-2H3. The molecule has 298 valence electrons. The van der Waals surface area contributed by atoms with Crippen molar-refractivity contribution in [3.63, 3.8) is 0 Å². The summed E-state index contributed by atoms with van der Waals surface area (Å²) >= 11 is 0. The zero-order valence-electron chi connectivity index (χ0n) is 31.6. The zero-order valence-corrected chi connectivity index (χ0v) is 33.2. The van der Waals surface area contributed by atoms with Gasteiger partial charge >= 0.3 is 0 Å². The van der Waals surface area contributed by atoms with Gasteiger partial charge in [-0.25, -0.2) is 40.2 Å². The number of pyridine rings is 2. The molecular formula is C34H43FN14O5S2. The minimum Gasteiger partial charge on any atom is -0.351 e. The fourth-order valence-corrected chi connectivity index (χ4v) is 10.6. The maximum absolute atomic E-state index is 14.5. The highest BCUT2D eigenvalue weighted by Crippen LogP contribution is 2.35. The number of amides is 1. The Kier molecular flexibility index (Phi) is 10.7. The Hall–Kier alpha value is -5.19. The average Bonchev–Trinajstić information content (AvgIpc) is 4.00. The summed E-state index contributed by atoms with van der Waals surface area (Å²) in [7, 11) is -4.10. The number of halogens is 1. The number of sulfonamides is 2. The topological polar surface area (TPSA) is 213 Å². The Morgan fingerprint density at radius 3 is 2.11 bits per heavy atom. The smallest absolute Gasteiger partial charge is 0.278 e. The Bertz CT molecular complexity index is 2620. The van der Waals surface area contributed by atoms with Gasteiger partial charge in [-0.15, -0.1) is 10.2 Å². The van der Waals surface area contributed by atoms with Crippen LogP contribution >= 0.6 is 0 Å². The van der Waals surface area contributed by atoms with E-state index in [2.05, 4.69) is 47.7 Å². The lowest BCUT2D eigenvalue weighted by Crippen LogP contribution is -2.39. The highest BCUT2D eigenvalue weighted by atomic mass is 32.2. The van der Waals surface area contributed by atoms with Crippen molar-refractivity contribution in [2.24, 2.45) is 14.1 Å². The van der Waals surface area contributed by atoms with E-state index in [-0.39, 0.29) is 45.8 Å². The molecule has 56 heavy (non-hydrogen) atoms. The van der Waals surface area contributed by atoms with E-state index in [1.807, 2.05) is 12.3 Å². The second kappa shape index (κ2) is 15.4. The Labute approximate surface area is 322 Å². The maximum Gasteiger partial charge on any atom is 0.278 e. The van der Waals surface area contributed by atoms with Crippen molar-refractivity contribution < 1.29 is 26.0 Å². The number of nitrogens with one attached hydrogen (secondary N) is 1. The first-order chi connectivity index (χ1) is 26.7. The normalized spacial score (nSPS) is 16.7. The molecule has 2 saturated heterocycles. The third kappa shape index (κ3) is 7.40. The number of piperidine rings is 2. The van der Waals surface area contributed by atoms with Gasteiger partial charge in [0.1, 0.15) is 23.9 Å². The summed E-state index contributed by atoms with van der Waals surface area (Å²) in [5, 5.41) is 22.3. The lowest BCUT2D eigenvalue weighted by atomic mass is 9.88. The van der Waals surface area contributed by atoms with Crippen molar-refractivity contribution in [2.45, 2.75) is 74.9 Å². The highest BCUT2D eigenvalue weighted by molar-refractivity contribution is 7.89. The first-order valence-electron chi connectivity index (χ1n) is 18.0. The maximum atomic E-state index is 14.5. The monoisotopic (exact) mass is 810 g/mol. The first-order valence-corrected chi connectivity index (χ1v) is 20.9. The summed E-state index contributed by atoms with van der Waals surface area (Å²) < 4.78 is 75.4. The molecule has 0 saturated carbocycles. The molecule has 8 rings (SSSR count). The van der Waals surface area contributed by atoms with Crippen molar-refractivity contribution in [3.05, 3.63) is 77.4 Å². The van der Waals surface area contributed by atoms with E-state index in [9.17, 15) is 26.0 Å². The largest absolute Gasteiger partial charge is 0.351 e. The SMILES string of the molecule is CC(=O)NCc1c(S(=O)(=O)N2CCC(c3cn4ncnc4cc3C)CC2)cnn1C.Cc1c(C2CCN(S(=O)(=O)c3nncn3C)CC2)cn2ncnc2c1F. The third-order valence-electron chi connectivity index (χ3n) is 10.6. The fourth-order valence-electron chi connectivity index (χ4n) is 7.48. The highest BCUT2D eigenvalue weighted by Gasteiger charge is 2.35. The number of nitrogens with zero attached hydrogens (tertiary/aromatic N) is 13. The van der Waals surface area contributed by atoms with Crippen molar-refractivity contribution in [2.75, 3.05) is 26.2 Å². The Morgan fingerprint density at radius 1 is 0.857 bits per heavy atom. The van der Waals surface area contributed by atoms with Gasteiger partial charge in [0.2, 0.25) is 15.9 Å². The lowest BCUT2D eigenvalue weighted by molar-refractivity contribution is -0.119. The summed E-state index contributed by atoms with van der Waals surface area (Å²) in [6.07, 6.45) is 12.0. The quantitative estimate of drug-likeness (QED) is 0.233. The molecule has 2 fully saturated rings. The molecule has 19 nitrogen and oxygen atoms in total. The van der Waals surface area contributed by atoms with Gasteiger partial charge in [-0.3, -0.25) is 9.48 Å². The molecule has 8 heterocycles. The molecule has 1 N–H and O–H groups in total.